The van der Waals surface area contributed by atoms with E-state index in [1.54, 1.807) is 0 Å². The van der Waals surface area contributed by atoms with Gasteiger partial charge >= 0.3 is 0 Å². The lowest BCUT2D eigenvalue weighted by Crippen LogP contribution is -2.35. The summed E-state index contributed by atoms with van der Waals surface area (Å²) in [6.45, 7) is 10.8. The van der Waals surface area contributed by atoms with E-state index in [9.17, 15) is 0 Å². The second kappa shape index (κ2) is 8.04. The van der Waals surface area contributed by atoms with Gasteiger partial charge in [0.25, 0.3) is 0 Å². The van der Waals surface area contributed by atoms with E-state index in [2.05, 4.69) is 31.1 Å². The maximum atomic E-state index is 5.60. The summed E-state index contributed by atoms with van der Waals surface area (Å²) in [5.74, 6) is 1.53. The maximum Gasteiger partial charge on any atom is 0.0593 e. The second-order valence-electron chi connectivity index (χ2n) is 5.42. The maximum absolute atomic E-state index is 5.60. The molecule has 0 aromatic heterocycles. The number of likely N-dealkylation sites (N-methyl/N-ethyl adjacent to an activating group) is 1. The first-order chi connectivity index (χ1) is 7.68. The third-order valence-electron chi connectivity index (χ3n) is 3.10. The van der Waals surface area contributed by atoms with E-state index in [1.165, 1.54) is 32.5 Å². The summed E-state index contributed by atoms with van der Waals surface area (Å²) in [7, 11) is 2.21. The van der Waals surface area contributed by atoms with E-state index < -0.39 is 0 Å². The van der Waals surface area contributed by atoms with Gasteiger partial charge in [-0.15, -0.1) is 0 Å². The first kappa shape index (κ1) is 13.9. The minimum atomic E-state index is 0.648. The highest BCUT2D eigenvalue weighted by Gasteiger charge is 2.14. The van der Waals surface area contributed by atoms with E-state index in [0.29, 0.717) is 5.92 Å². The lowest BCUT2D eigenvalue weighted by atomic mass is 9.98. The quantitative estimate of drug-likeness (QED) is 0.670. The summed E-state index contributed by atoms with van der Waals surface area (Å²) in [5, 5.41) is 3.41. The van der Waals surface area contributed by atoms with Gasteiger partial charge in [-0.3, -0.25) is 0 Å². The molecule has 0 unspecified atom stereocenters. The molecule has 1 N–H and O–H groups in total. The Bertz CT molecular complexity index is 167. The summed E-state index contributed by atoms with van der Waals surface area (Å²) >= 11 is 0. The van der Waals surface area contributed by atoms with Crippen LogP contribution in [0.15, 0.2) is 0 Å². The van der Waals surface area contributed by atoms with Gasteiger partial charge in [0.1, 0.15) is 0 Å². The molecule has 0 radical (unpaired) electrons. The minimum absolute atomic E-state index is 0.648. The topological polar surface area (TPSA) is 24.5 Å². The van der Waals surface area contributed by atoms with Gasteiger partial charge in [-0.2, -0.15) is 0 Å². The van der Waals surface area contributed by atoms with Crippen molar-refractivity contribution >= 4 is 0 Å². The van der Waals surface area contributed by atoms with Crippen molar-refractivity contribution in [3.63, 3.8) is 0 Å². The van der Waals surface area contributed by atoms with Gasteiger partial charge in [-0.25, -0.2) is 0 Å². The van der Waals surface area contributed by atoms with E-state index in [1.807, 2.05) is 0 Å². The third kappa shape index (κ3) is 6.46. The van der Waals surface area contributed by atoms with Crippen LogP contribution in [0.1, 0.15) is 26.7 Å². The zero-order chi connectivity index (χ0) is 11.8. The summed E-state index contributed by atoms with van der Waals surface area (Å²) in [4.78, 5) is 2.41. The molecule has 1 aliphatic rings. The molecular formula is C13H28N2O. The van der Waals surface area contributed by atoms with E-state index in [-0.39, 0.29) is 0 Å². The van der Waals surface area contributed by atoms with E-state index >= 15 is 0 Å². The van der Waals surface area contributed by atoms with Crippen molar-refractivity contribution in [3.8, 4) is 0 Å². The molecule has 0 atom stereocenters. The number of ether oxygens (including phenoxy) is 1. The van der Waals surface area contributed by atoms with E-state index in [4.69, 9.17) is 4.74 Å². The van der Waals surface area contributed by atoms with Crippen LogP contribution < -0.4 is 5.32 Å². The Kier molecular flexibility index (Phi) is 7.01. The van der Waals surface area contributed by atoms with E-state index in [0.717, 1.165) is 25.7 Å². The predicted molar refractivity (Wildman–Crippen MR) is 68.7 cm³/mol. The Morgan fingerprint density at radius 1 is 1.31 bits per heavy atom. The Morgan fingerprint density at radius 3 is 2.62 bits per heavy atom. The fourth-order valence-corrected chi connectivity index (χ4v) is 2.14. The van der Waals surface area contributed by atoms with Crippen molar-refractivity contribution in [2.24, 2.45) is 11.8 Å². The molecule has 0 aromatic carbocycles. The van der Waals surface area contributed by atoms with Crippen LogP contribution in [-0.2, 0) is 4.74 Å². The average molecular weight is 228 g/mol. The van der Waals surface area contributed by atoms with Crippen molar-refractivity contribution in [2.45, 2.75) is 26.7 Å². The number of piperidine rings is 1. The fraction of sp³-hybridized carbons (Fsp3) is 1.00. The van der Waals surface area contributed by atoms with Crippen LogP contribution >= 0.6 is 0 Å². The molecule has 0 bridgehead atoms. The van der Waals surface area contributed by atoms with Crippen LogP contribution in [0.5, 0.6) is 0 Å². The fourth-order valence-electron chi connectivity index (χ4n) is 2.14. The second-order valence-corrected chi connectivity index (χ2v) is 5.42. The molecule has 3 nitrogen and oxygen atoms in total. The van der Waals surface area contributed by atoms with Crippen LogP contribution in [0.3, 0.4) is 0 Å². The Balaban J connectivity index is 1.99. The number of hydrogen-bond acceptors (Lipinski definition) is 3. The van der Waals surface area contributed by atoms with Crippen molar-refractivity contribution < 1.29 is 4.74 Å². The number of nitrogens with one attached hydrogen (secondary N) is 1. The van der Waals surface area contributed by atoms with Crippen molar-refractivity contribution in [1.29, 1.82) is 0 Å². The summed E-state index contributed by atoms with van der Waals surface area (Å²) < 4.78 is 5.60. The smallest absolute Gasteiger partial charge is 0.0593 e. The molecular weight excluding hydrogens is 200 g/mol. The zero-order valence-electron chi connectivity index (χ0n) is 11.2. The summed E-state index contributed by atoms with van der Waals surface area (Å²) in [6.07, 6.45) is 2.66. The van der Waals surface area contributed by atoms with Gasteiger partial charge in [-0.1, -0.05) is 13.8 Å². The molecule has 1 heterocycles. The molecule has 0 saturated carbocycles. The zero-order valence-corrected chi connectivity index (χ0v) is 11.2. The van der Waals surface area contributed by atoms with Crippen LogP contribution in [0.25, 0.3) is 0 Å². The standard InChI is InChI=1S/C13H28N2O/c1-12(2)11-16-9-8-15(3)10-13-4-6-14-7-5-13/h12-14H,4-11H2,1-3H3. The van der Waals surface area contributed by atoms with Gasteiger partial charge < -0.3 is 15.0 Å². The third-order valence-corrected chi connectivity index (χ3v) is 3.10. The molecule has 16 heavy (non-hydrogen) atoms. The van der Waals surface area contributed by atoms with Crippen LogP contribution in [0.4, 0.5) is 0 Å². The van der Waals surface area contributed by atoms with Crippen molar-refractivity contribution in [3.05, 3.63) is 0 Å². The molecule has 1 saturated heterocycles. The van der Waals surface area contributed by atoms with Crippen LogP contribution in [0, 0.1) is 11.8 Å². The highest BCUT2D eigenvalue weighted by molar-refractivity contribution is 4.71. The van der Waals surface area contributed by atoms with Crippen molar-refractivity contribution in [2.75, 3.05) is 46.4 Å². The molecule has 0 aromatic rings. The van der Waals surface area contributed by atoms with Crippen molar-refractivity contribution in [1.82, 2.24) is 10.2 Å². The predicted octanol–water partition coefficient (Wildman–Crippen LogP) is 1.59. The van der Waals surface area contributed by atoms with Crippen LogP contribution in [0.2, 0.25) is 0 Å². The molecule has 0 aliphatic carbocycles. The van der Waals surface area contributed by atoms with Gasteiger partial charge in [0.2, 0.25) is 0 Å². The highest BCUT2D eigenvalue weighted by atomic mass is 16.5. The largest absolute Gasteiger partial charge is 0.380 e. The normalized spacial score (nSPS) is 18.6. The number of hydrogen-bond donors (Lipinski definition) is 1. The number of rotatable bonds is 7. The minimum Gasteiger partial charge on any atom is -0.380 e. The van der Waals surface area contributed by atoms with Crippen LogP contribution in [-0.4, -0.2) is 51.3 Å². The Morgan fingerprint density at radius 2 is 2.00 bits per heavy atom. The molecule has 0 spiro atoms. The average Bonchev–Trinajstić information content (AvgIpc) is 2.25. The molecule has 96 valence electrons. The SMILES string of the molecule is CC(C)COCCN(C)CC1CCNCC1. The number of nitrogens with zero attached hydrogens (tertiary/aromatic N) is 1. The first-order valence-corrected chi connectivity index (χ1v) is 6.65. The molecule has 1 fully saturated rings. The molecule has 3 heteroatoms. The van der Waals surface area contributed by atoms with Gasteiger partial charge in [0.15, 0.2) is 0 Å². The lowest BCUT2D eigenvalue weighted by molar-refractivity contribution is 0.0864. The Labute approximate surface area is 101 Å². The monoisotopic (exact) mass is 228 g/mol. The Hall–Kier alpha value is -0.120. The van der Waals surface area contributed by atoms with Gasteiger partial charge in [-0.05, 0) is 44.8 Å². The lowest BCUT2D eigenvalue weighted by Gasteiger charge is -2.27. The molecule has 1 rings (SSSR count). The van der Waals surface area contributed by atoms with Gasteiger partial charge in [0, 0.05) is 19.7 Å². The highest BCUT2D eigenvalue weighted by Crippen LogP contribution is 2.12. The summed E-state index contributed by atoms with van der Waals surface area (Å²) in [6, 6.07) is 0. The summed E-state index contributed by atoms with van der Waals surface area (Å²) in [5.41, 5.74) is 0. The van der Waals surface area contributed by atoms with Gasteiger partial charge in [0.05, 0.1) is 6.61 Å². The molecule has 1 aliphatic heterocycles. The molecule has 0 amide bonds. The first-order valence-electron chi connectivity index (χ1n) is 6.65.